The molecule has 4 aliphatic heterocycles. The van der Waals surface area contributed by atoms with Crippen LogP contribution in [0.2, 0.25) is 10.0 Å². The first-order valence-corrected chi connectivity index (χ1v) is 27.6. The second-order valence-corrected chi connectivity index (χ2v) is 22.8. The van der Waals surface area contributed by atoms with E-state index in [4.69, 9.17) is 33.9 Å². The molecule has 0 radical (unpaired) electrons. The van der Waals surface area contributed by atoms with Crippen LogP contribution in [-0.2, 0) is 41.5 Å². The SMILES string of the molecule is C[C@H](C(=O)N1CCN(c2ccc(S(=O)(=O)Cl)cc2)CC1)N1CCCc2cc(Cl)ccc21.C[C@H](C(=O)N1CCN(c2ccc(S(=O)(=O)Nc3nncs3)cc2)CC1)N1CCCc2cc(Cl)ccc21. The molecule has 67 heavy (non-hydrogen) atoms. The maximum absolute atomic E-state index is 13.4. The van der Waals surface area contributed by atoms with Crippen molar-refractivity contribution in [1.82, 2.24) is 20.0 Å². The zero-order chi connectivity index (χ0) is 47.5. The van der Waals surface area contributed by atoms with E-state index in [0.29, 0.717) is 52.4 Å². The van der Waals surface area contributed by atoms with E-state index >= 15 is 0 Å². The zero-order valence-corrected chi connectivity index (χ0v) is 41.8. The van der Waals surface area contributed by atoms with Crippen LogP contribution < -0.4 is 24.3 Å². The summed E-state index contributed by atoms with van der Waals surface area (Å²) in [6, 6.07) is 24.6. The molecule has 0 bridgehead atoms. The summed E-state index contributed by atoms with van der Waals surface area (Å²) in [7, 11) is -2.06. The summed E-state index contributed by atoms with van der Waals surface area (Å²) in [6.07, 6.45) is 3.97. The number of sulfonamides is 1. The Balaban J connectivity index is 0.000000184. The third-order valence-corrected chi connectivity index (χ3v) is 16.7. The summed E-state index contributed by atoms with van der Waals surface area (Å²) in [6.45, 7) is 10.9. The normalized spacial score (nSPS) is 17.4. The van der Waals surface area contributed by atoms with Crippen LogP contribution in [0.25, 0.3) is 0 Å². The second kappa shape index (κ2) is 20.8. The molecule has 21 heteroatoms. The van der Waals surface area contributed by atoms with Crippen molar-refractivity contribution < 1.29 is 26.4 Å². The van der Waals surface area contributed by atoms with Crippen molar-refractivity contribution in [3.63, 3.8) is 0 Å². The highest BCUT2D eigenvalue weighted by atomic mass is 35.7. The Morgan fingerprint density at radius 3 is 1.45 bits per heavy atom. The molecule has 2 fully saturated rings. The number of benzene rings is 4. The highest BCUT2D eigenvalue weighted by Gasteiger charge is 2.33. The number of carbonyl (C=O) groups excluding carboxylic acids is 2. The predicted molar refractivity (Wildman–Crippen MR) is 267 cm³/mol. The Bertz CT molecular complexity index is 2770. The third-order valence-electron chi connectivity index (χ3n) is 12.8. The first-order valence-electron chi connectivity index (χ1n) is 22.2. The van der Waals surface area contributed by atoms with Crippen LogP contribution in [0.1, 0.15) is 37.8 Å². The van der Waals surface area contributed by atoms with Gasteiger partial charge in [-0.1, -0.05) is 34.5 Å². The monoisotopic (exact) mass is 1030 g/mol. The van der Waals surface area contributed by atoms with E-state index in [1.54, 1.807) is 36.4 Å². The smallest absolute Gasteiger partial charge is 0.263 e. The van der Waals surface area contributed by atoms with Crippen LogP contribution in [-0.4, -0.2) is 126 Å². The number of piperazine rings is 2. The Hall–Kier alpha value is -4.85. The number of carbonyl (C=O) groups is 2. The van der Waals surface area contributed by atoms with Gasteiger partial charge in [0.15, 0.2) is 0 Å². The van der Waals surface area contributed by atoms with Gasteiger partial charge in [0.25, 0.3) is 19.1 Å². The Morgan fingerprint density at radius 1 is 0.612 bits per heavy atom. The van der Waals surface area contributed by atoms with Crippen LogP contribution in [0.5, 0.6) is 0 Å². The van der Waals surface area contributed by atoms with Crippen molar-refractivity contribution in [3.05, 3.63) is 112 Å². The van der Waals surface area contributed by atoms with E-state index in [0.717, 1.165) is 82.9 Å². The predicted octanol–water partition coefficient (Wildman–Crippen LogP) is 7.24. The number of nitrogens with one attached hydrogen (secondary N) is 1. The van der Waals surface area contributed by atoms with Gasteiger partial charge in [-0.15, -0.1) is 10.2 Å². The molecule has 1 aromatic heterocycles. The van der Waals surface area contributed by atoms with E-state index in [1.807, 2.05) is 60.0 Å². The Kier molecular flexibility index (Phi) is 15.1. The number of amides is 2. The topological polar surface area (TPSA) is 160 Å². The highest BCUT2D eigenvalue weighted by Crippen LogP contribution is 2.34. The molecule has 15 nitrogen and oxygen atoms in total. The lowest BCUT2D eigenvalue weighted by Crippen LogP contribution is -2.55. The molecule has 356 valence electrons. The fraction of sp³-hybridized carbons (Fsp3) is 0.391. The molecule has 0 aliphatic carbocycles. The summed E-state index contributed by atoms with van der Waals surface area (Å²) in [5.74, 6) is 0.257. The molecule has 2 saturated heterocycles. The largest absolute Gasteiger partial charge is 0.368 e. The summed E-state index contributed by atoms with van der Waals surface area (Å²) in [5.41, 5.74) is 7.91. The summed E-state index contributed by atoms with van der Waals surface area (Å²) < 4.78 is 50.4. The average molecular weight is 1030 g/mol. The van der Waals surface area contributed by atoms with Gasteiger partial charge in [0, 0.05) is 109 Å². The van der Waals surface area contributed by atoms with E-state index < -0.39 is 19.1 Å². The van der Waals surface area contributed by atoms with Gasteiger partial charge < -0.3 is 29.4 Å². The van der Waals surface area contributed by atoms with Crippen molar-refractivity contribution >= 4 is 104 Å². The lowest BCUT2D eigenvalue weighted by molar-refractivity contribution is -0.133. The summed E-state index contributed by atoms with van der Waals surface area (Å²) in [4.78, 5) is 39.4. The van der Waals surface area contributed by atoms with Gasteiger partial charge in [0.1, 0.15) is 17.6 Å². The molecule has 0 spiro atoms. The number of anilines is 5. The average Bonchev–Trinajstić information content (AvgIpc) is 3.85. The fourth-order valence-electron chi connectivity index (χ4n) is 9.21. The molecule has 2 atom stereocenters. The number of hydrogen-bond donors (Lipinski definition) is 1. The van der Waals surface area contributed by atoms with Crippen molar-refractivity contribution in [2.75, 3.05) is 89.8 Å². The van der Waals surface area contributed by atoms with Gasteiger partial charge in [0.05, 0.1) is 9.79 Å². The molecule has 5 heterocycles. The lowest BCUT2D eigenvalue weighted by atomic mass is 10.00. The standard InChI is InChI=1S/C24H27ClN6O3S2.C22H25Cl2N3O3S/c1-17(31-10-2-3-18-15-19(25)4-9-22(18)31)23(32)30-13-11-29(12-14-30)20-5-7-21(8-6-20)36(33,34)28-24-27-26-16-35-24;1-16(27-10-2-3-17-15-18(23)4-9-21(17)27)22(28)26-13-11-25(12-14-26)19-5-7-20(8-6-19)31(24,29)30/h4-9,15-17H,2-3,10-14H2,1H3,(H,27,28);4-9,15-16H,2-3,10-14H2,1H3/t17-;16-/m11/s1. The number of aryl methyl sites for hydroxylation is 2. The minimum atomic E-state index is -3.73. The maximum atomic E-state index is 13.4. The number of fused-ring (bicyclic) bond motifs is 2. The highest BCUT2D eigenvalue weighted by molar-refractivity contribution is 8.13. The quantitative estimate of drug-likeness (QED) is 0.140. The van der Waals surface area contributed by atoms with Gasteiger partial charge in [-0.05, 0) is 136 Å². The number of rotatable bonds is 10. The van der Waals surface area contributed by atoms with E-state index in [-0.39, 0.29) is 38.8 Å². The summed E-state index contributed by atoms with van der Waals surface area (Å²) >= 11 is 13.4. The number of hydrogen-bond acceptors (Lipinski definition) is 13. The molecule has 0 saturated carbocycles. The van der Waals surface area contributed by atoms with Crippen molar-refractivity contribution in [1.29, 1.82) is 0 Å². The van der Waals surface area contributed by atoms with Gasteiger partial charge in [-0.3, -0.25) is 14.3 Å². The van der Waals surface area contributed by atoms with Gasteiger partial charge >= 0.3 is 0 Å². The number of nitrogens with zero attached hydrogens (tertiary/aromatic N) is 8. The second-order valence-electron chi connectivity index (χ2n) is 16.9. The van der Waals surface area contributed by atoms with E-state index in [1.165, 1.54) is 28.8 Å². The zero-order valence-electron chi connectivity index (χ0n) is 37.1. The fourth-order valence-corrected chi connectivity index (χ4v) is 12.1. The number of halogens is 3. The van der Waals surface area contributed by atoms with Crippen LogP contribution in [0.15, 0.2) is 100 Å². The van der Waals surface area contributed by atoms with Crippen LogP contribution in [0.4, 0.5) is 27.9 Å². The lowest BCUT2D eigenvalue weighted by Gasteiger charge is -2.41. The molecule has 4 aromatic carbocycles. The molecule has 5 aromatic rings. The van der Waals surface area contributed by atoms with E-state index in [9.17, 15) is 26.4 Å². The molecule has 9 rings (SSSR count). The first kappa shape index (κ1) is 48.6. The van der Waals surface area contributed by atoms with Crippen LogP contribution >= 0.6 is 45.2 Å². The molecule has 1 N–H and O–H groups in total. The Morgan fingerprint density at radius 2 is 1.04 bits per heavy atom. The minimum absolute atomic E-state index is 0.0867. The third kappa shape index (κ3) is 11.4. The van der Waals surface area contributed by atoms with Crippen LogP contribution in [0, 0.1) is 0 Å². The molecule has 4 aliphatic rings. The molecule has 2 amide bonds. The van der Waals surface area contributed by atoms with Crippen molar-refractivity contribution in [3.8, 4) is 0 Å². The van der Waals surface area contributed by atoms with Gasteiger partial charge in [-0.25, -0.2) is 16.8 Å². The van der Waals surface area contributed by atoms with Crippen LogP contribution in [0.3, 0.4) is 0 Å². The first-order chi connectivity index (χ1) is 32.1. The van der Waals surface area contributed by atoms with Crippen molar-refractivity contribution in [2.45, 2.75) is 61.4 Å². The van der Waals surface area contributed by atoms with E-state index in [2.05, 4.69) is 34.5 Å². The Labute approximate surface area is 410 Å². The van der Waals surface area contributed by atoms with Crippen molar-refractivity contribution in [2.24, 2.45) is 0 Å². The summed E-state index contributed by atoms with van der Waals surface area (Å²) in [5, 5.41) is 9.05. The maximum Gasteiger partial charge on any atom is 0.263 e. The minimum Gasteiger partial charge on any atom is -0.368 e. The molecular formula is C46H52Cl3N9O6S3. The van der Waals surface area contributed by atoms with Gasteiger partial charge in [0.2, 0.25) is 16.9 Å². The molecule has 0 unspecified atom stereocenters. The number of aromatic nitrogens is 2. The molecular weight excluding hydrogens is 977 g/mol. The van der Waals surface area contributed by atoms with Gasteiger partial charge in [-0.2, -0.15) is 0 Å².